The van der Waals surface area contributed by atoms with Gasteiger partial charge >= 0.3 is 5.97 Å². The van der Waals surface area contributed by atoms with Crippen molar-refractivity contribution < 1.29 is 23.1 Å². The summed E-state index contributed by atoms with van der Waals surface area (Å²) in [4.78, 5) is 23.5. The minimum Gasteiger partial charge on any atom is -0.481 e. The zero-order chi connectivity index (χ0) is 18.4. The van der Waals surface area contributed by atoms with Crippen LogP contribution in [0.1, 0.15) is 26.7 Å². The summed E-state index contributed by atoms with van der Waals surface area (Å²) in [5.74, 6) is -2.37. The molecule has 1 amide bonds. The normalized spacial score (nSPS) is 26.7. The molecule has 0 aromatic heterocycles. The Labute approximate surface area is 147 Å². The number of benzene rings is 1. The molecule has 0 spiro atoms. The van der Waals surface area contributed by atoms with Crippen LogP contribution in [0, 0.1) is 17.3 Å². The van der Waals surface area contributed by atoms with E-state index in [0.717, 1.165) is 6.42 Å². The van der Waals surface area contributed by atoms with Crippen LogP contribution >= 0.6 is 0 Å². The summed E-state index contributed by atoms with van der Waals surface area (Å²) in [6.07, 6.45) is 1.50. The first-order valence-electron chi connectivity index (χ1n) is 8.29. The van der Waals surface area contributed by atoms with Crippen molar-refractivity contribution in [2.45, 2.75) is 26.7 Å². The van der Waals surface area contributed by atoms with Gasteiger partial charge in [-0.2, -0.15) is 0 Å². The number of carbonyl (C=O) groups is 2. The number of sulfonamides is 1. The minimum atomic E-state index is -3.27. The van der Waals surface area contributed by atoms with Crippen LogP contribution in [0.5, 0.6) is 0 Å². The Bertz CT molecular complexity index is 801. The molecule has 1 saturated carbocycles. The molecular formula is C17H22N2O5S. The average Bonchev–Trinajstić information content (AvgIpc) is 3.11. The molecule has 1 heterocycles. The third-order valence-electron chi connectivity index (χ3n) is 5.15. The fraction of sp³-hybridized carbons (Fsp3) is 0.529. The van der Waals surface area contributed by atoms with Gasteiger partial charge in [0, 0.05) is 12.2 Å². The van der Waals surface area contributed by atoms with E-state index in [9.17, 15) is 18.0 Å². The molecule has 25 heavy (non-hydrogen) atoms. The fourth-order valence-electron chi connectivity index (χ4n) is 3.60. The van der Waals surface area contributed by atoms with E-state index in [1.165, 1.54) is 4.31 Å². The predicted molar refractivity (Wildman–Crippen MR) is 93.8 cm³/mol. The molecule has 0 radical (unpaired) electrons. The van der Waals surface area contributed by atoms with Gasteiger partial charge in [0.1, 0.15) is 0 Å². The standard InChI is InChI=1S/C17H22N2O5S/c1-17(2)13(14(17)16(21)22)15(20)18-11-5-7-12(8-6-11)19-9-3-4-10-25(19,23)24/h5-8,13-14H,3-4,9-10H2,1-2H3,(H,18,20)(H,21,22)/t13-,14-/m0/s1. The van der Waals surface area contributed by atoms with Crippen LogP contribution in [0.4, 0.5) is 11.4 Å². The van der Waals surface area contributed by atoms with Gasteiger partial charge in [-0.3, -0.25) is 13.9 Å². The van der Waals surface area contributed by atoms with E-state index in [-0.39, 0.29) is 11.7 Å². The van der Waals surface area contributed by atoms with Crippen LogP contribution in [0.3, 0.4) is 0 Å². The van der Waals surface area contributed by atoms with E-state index in [0.29, 0.717) is 24.3 Å². The Morgan fingerprint density at radius 3 is 2.32 bits per heavy atom. The number of rotatable bonds is 4. The summed E-state index contributed by atoms with van der Waals surface area (Å²) >= 11 is 0. The number of anilines is 2. The lowest BCUT2D eigenvalue weighted by Gasteiger charge is -2.28. The molecule has 1 aliphatic carbocycles. The van der Waals surface area contributed by atoms with Crippen LogP contribution in [0.15, 0.2) is 24.3 Å². The largest absolute Gasteiger partial charge is 0.481 e. The zero-order valence-electron chi connectivity index (χ0n) is 14.2. The summed E-state index contributed by atoms with van der Waals surface area (Å²) in [6, 6.07) is 6.60. The van der Waals surface area contributed by atoms with E-state index in [1.807, 2.05) is 0 Å². The number of nitrogens with zero attached hydrogens (tertiary/aromatic N) is 1. The summed E-state index contributed by atoms with van der Waals surface area (Å²) in [5.41, 5.74) is 0.542. The molecule has 1 aromatic rings. The zero-order valence-corrected chi connectivity index (χ0v) is 15.0. The number of hydrogen-bond donors (Lipinski definition) is 2. The Kier molecular flexibility index (Phi) is 4.26. The van der Waals surface area contributed by atoms with Crippen LogP contribution in [-0.2, 0) is 19.6 Å². The van der Waals surface area contributed by atoms with Gasteiger partial charge in [0.15, 0.2) is 0 Å². The van der Waals surface area contributed by atoms with Crippen LogP contribution in [0.2, 0.25) is 0 Å². The summed E-state index contributed by atoms with van der Waals surface area (Å²) in [7, 11) is -3.27. The first-order valence-corrected chi connectivity index (χ1v) is 9.89. The highest BCUT2D eigenvalue weighted by molar-refractivity contribution is 7.92. The Balaban J connectivity index is 1.69. The highest BCUT2D eigenvalue weighted by Gasteiger charge is 2.65. The third-order valence-corrected chi connectivity index (χ3v) is 7.02. The molecular weight excluding hydrogens is 344 g/mol. The lowest BCUT2D eigenvalue weighted by atomic mass is 10.1. The van der Waals surface area contributed by atoms with Crippen molar-refractivity contribution in [1.29, 1.82) is 0 Å². The Hall–Kier alpha value is -2.09. The maximum absolute atomic E-state index is 12.3. The molecule has 7 nitrogen and oxygen atoms in total. The van der Waals surface area contributed by atoms with Gasteiger partial charge in [0.2, 0.25) is 15.9 Å². The molecule has 1 aromatic carbocycles. The monoisotopic (exact) mass is 366 g/mol. The number of amides is 1. The molecule has 1 saturated heterocycles. The van der Waals surface area contributed by atoms with E-state index < -0.39 is 33.2 Å². The maximum Gasteiger partial charge on any atom is 0.307 e. The quantitative estimate of drug-likeness (QED) is 0.847. The lowest BCUT2D eigenvalue weighted by Crippen LogP contribution is -2.37. The van der Waals surface area contributed by atoms with Crippen LogP contribution < -0.4 is 9.62 Å². The number of nitrogens with one attached hydrogen (secondary N) is 1. The predicted octanol–water partition coefficient (Wildman–Crippen LogP) is 1.91. The average molecular weight is 366 g/mol. The molecule has 2 atom stereocenters. The summed E-state index contributed by atoms with van der Waals surface area (Å²) < 4.78 is 25.6. The Morgan fingerprint density at radius 1 is 1.16 bits per heavy atom. The topological polar surface area (TPSA) is 104 Å². The van der Waals surface area contributed by atoms with Crippen molar-refractivity contribution >= 4 is 33.3 Å². The number of hydrogen-bond acceptors (Lipinski definition) is 4. The number of carboxylic acids is 1. The maximum atomic E-state index is 12.3. The Morgan fingerprint density at radius 2 is 1.80 bits per heavy atom. The van der Waals surface area contributed by atoms with Crippen molar-refractivity contribution in [3.05, 3.63) is 24.3 Å². The first-order chi connectivity index (χ1) is 11.6. The fourth-order valence-corrected chi connectivity index (χ4v) is 5.24. The molecule has 0 bridgehead atoms. The first kappa shape index (κ1) is 17.7. The van der Waals surface area contributed by atoms with Crippen molar-refractivity contribution in [3.8, 4) is 0 Å². The van der Waals surface area contributed by atoms with Gasteiger partial charge in [0.25, 0.3) is 0 Å². The molecule has 2 aliphatic rings. The second kappa shape index (κ2) is 6.01. The number of aliphatic carboxylic acids is 1. The minimum absolute atomic E-state index is 0.152. The number of carbonyl (C=O) groups excluding carboxylic acids is 1. The van der Waals surface area contributed by atoms with Crippen molar-refractivity contribution in [2.75, 3.05) is 21.9 Å². The SMILES string of the molecule is CC1(C)[C@H](C(=O)O)[C@H]1C(=O)Nc1ccc(N2CCCCS2(=O)=O)cc1. The number of carboxylic acid groups (broad SMARTS) is 1. The molecule has 2 N–H and O–H groups in total. The molecule has 136 valence electrons. The second-order valence-corrected chi connectivity index (χ2v) is 9.26. The third kappa shape index (κ3) is 3.22. The van der Waals surface area contributed by atoms with Crippen molar-refractivity contribution in [3.63, 3.8) is 0 Å². The molecule has 2 fully saturated rings. The smallest absolute Gasteiger partial charge is 0.307 e. The van der Waals surface area contributed by atoms with Gasteiger partial charge in [-0.05, 0) is 42.5 Å². The van der Waals surface area contributed by atoms with E-state index in [1.54, 1.807) is 38.1 Å². The molecule has 0 unspecified atom stereocenters. The highest BCUT2D eigenvalue weighted by atomic mass is 32.2. The molecule has 8 heteroatoms. The van der Waals surface area contributed by atoms with Crippen molar-refractivity contribution in [2.24, 2.45) is 17.3 Å². The van der Waals surface area contributed by atoms with Crippen molar-refractivity contribution in [1.82, 2.24) is 0 Å². The summed E-state index contributed by atoms with van der Waals surface area (Å²) in [5, 5.41) is 11.9. The van der Waals surface area contributed by atoms with Gasteiger partial charge in [-0.15, -0.1) is 0 Å². The molecule has 3 rings (SSSR count). The van der Waals surface area contributed by atoms with E-state index in [4.69, 9.17) is 5.11 Å². The van der Waals surface area contributed by atoms with Gasteiger partial charge < -0.3 is 10.4 Å². The van der Waals surface area contributed by atoms with E-state index in [2.05, 4.69) is 5.32 Å². The molecule has 1 aliphatic heterocycles. The van der Waals surface area contributed by atoms with Gasteiger partial charge in [-0.25, -0.2) is 8.42 Å². The second-order valence-electron chi connectivity index (χ2n) is 7.25. The van der Waals surface area contributed by atoms with Gasteiger partial charge in [-0.1, -0.05) is 13.8 Å². The summed E-state index contributed by atoms with van der Waals surface area (Å²) in [6.45, 7) is 3.99. The van der Waals surface area contributed by atoms with E-state index >= 15 is 0 Å². The van der Waals surface area contributed by atoms with Crippen LogP contribution in [0.25, 0.3) is 0 Å². The van der Waals surface area contributed by atoms with Crippen LogP contribution in [-0.4, -0.2) is 37.7 Å². The van der Waals surface area contributed by atoms with Gasteiger partial charge in [0.05, 0.1) is 23.3 Å². The highest BCUT2D eigenvalue weighted by Crippen LogP contribution is 2.58. The lowest BCUT2D eigenvalue weighted by molar-refractivity contribution is -0.140.